The number of benzene rings is 2. The van der Waals surface area contributed by atoms with Gasteiger partial charge in [-0.1, -0.05) is 54.1 Å². The molecular weight excluding hydrogens is 372 g/mol. The molecule has 1 aliphatic heterocycles. The Morgan fingerprint density at radius 3 is 2.57 bits per heavy atom. The molecule has 3 aromatic rings. The second kappa shape index (κ2) is 8.17. The van der Waals surface area contributed by atoms with Crippen LogP contribution in [0, 0.1) is 0 Å². The molecule has 28 heavy (non-hydrogen) atoms. The Balaban J connectivity index is 1.43. The Labute approximate surface area is 170 Å². The molecular formula is C22H23ClN4O. The van der Waals surface area contributed by atoms with E-state index in [1.807, 2.05) is 35.2 Å². The number of halogens is 1. The minimum absolute atomic E-state index is 0.0299. The predicted octanol–water partition coefficient (Wildman–Crippen LogP) is 3.87. The summed E-state index contributed by atoms with van der Waals surface area (Å²) in [7, 11) is 0. The quantitative estimate of drug-likeness (QED) is 0.674. The number of hydrogen-bond donors (Lipinski definition) is 0. The average Bonchev–Trinajstić information content (AvgIpc) is 3.19. The molecule has 144 valence electrons. The van der Waals surface area contributed by atoms with Gasteiger partial charge in [0.1, 0.15) is 0 Å². The van der Waals surface area contributed by atoms with Crippen LogP contribution < -0.4 is 0 Å². The van der Waals surface area contributed by atoms with Gasteiger partial charge >= 0.3 is 0 Å². The highest BCUT2D eigenvalue weighted by Crippen LogP contribution is 2.20. The predicted molar refractivity (Wildman–Crippen MR) is 111 cm³/mol. The number of amides is 1. The third kappa shape index (κ3) is 3.96. The van der Waals surface area contributed by atoms with E-state index in [0.717, 1.165) is 25.3 Å². The van der Waals surface area contributed by atoms with Crippen LogP contribution in [-0.2, 0) is 6.54 Å². The second-order valence-corrected chi connectivity index (χ2v) is 7.57. The number of nitrogens with zero attached hydrogens (tertiary/aromatic N) is 4. The van der Waals surface area contributed by atoms with Gasteiger partial charge in [0, 0.05) is 38.4 Å². The zero-order valence-electron chi connectivity index (χ0n) is 15.8. The molecule has 1 aromatic heterocycles. The molecule has 2 aromatic carbocycles. The normalized spacial score (nSPS) is 17.6. The van der Waals surface area contributed by atoms with Crippen LogP contribution in [0.5, 0.6) is 0 Å². The summed E-state index contributed by atoms with van der Waals surface area (Å²) < 4.78 is 1.66. The third-order valence-corrected chi connectivity index (χ3v) is 5.45. The largest absolute Gasteiger partial charge is 0.332 e. The van der Waals surface area contributed by atoms with Gasteiger partial charge in [0.2, 0.25) is 0 Å². The van der Waals surface area contributed by atoms with Gasteiger partial charge in [-0.3, -0.25) is 9.69 Å². The number of carbonyl (C=O) groups is 1. The van der Waals surface area contributed by atoms with Gasteiger partial charge in [-0.25, -0.2) is 4.68 Å². The molecule has 0 spiro atoms. The smallest absolute Gasteiger partial charge is 0.274 e. The molecule has 0 bridgehead atoms. The Morgan fingerprint density at radius 1 is 1.07 bits per heavy atom. The van der Waals surface area contributed by atoms with Crippen LogP contribution >= 0.6 is 11.6 Å². The molecule has 1 amide bonds. The lowest BCUT2D eigenvalue weighted by Gasteiger charge is -2.39. The van der Waals surface area contributed by atoms with E-state index in [-0.39, 0.29) is 11.9 Å². The number of aromatic nitrogens is 2. The van der Waals surface area contributed by atoms with Crippen molar-refractivity contribution in [3.05, 3.63) is 83.1 Å². The van der Waals surface area contributed by atoms with Crippen molar-refractivity contribution in [2.24, 2.45) is 0 Å². The van der Waals surface area contributed by atoms with E-state index in [9.17, 15) is 4.79 Å². The van der Waals surface area contributed by atoms with E-state index in [1.165, 1.54) is 5.56 Å². The summed E-state index contributed by atoms with van der Waals surface area (Å²) in [6.45, 7) is 5.42. The van der Waals surface area contributed by atoms with Gasteiger partial charge in [-0.15, -0.1) is 0 Å². The fraction of sp³-hybridized carbons (Fsp3) is 0.273. The first kappa shape index (κ1) is 18.7. The Bertz CT molecular complexity index is 956. The first-order valence-corrected chi connectivity index (χ1v) is 9.87. The van der Waals surface area contributed by atoms with Crippen molar-refractivity contribution in [1.29, 1.82) is 0 Å². The zero-order chi connectivity index (χ0) is 19.5. The standard InChI is InChI=1S/C22H23ClN4O/c1-17-15-25(16-18-7-3-2-4-8-18)13-14-26(17)22(28)20-11-12-27(24-20)21-10-6-5-9-19(21)23/h2-12,17H,13-16H2,1H3. The fourth-order valence-corrected chi connectivity index (χ4v) is 3.90. The summed E-state index contributed by atoms with van der Waals surface area (Å²) in [4.78, 5) is 17.3. The van der Waals surface area contributed by atoms with Crippen LogP contribution in [0.1, 0.15) is 23.0 Å². The lowest BCUT2D eigenvalue weighted by atomic mass is 10.1. The molecule has 1 saturated heterocycles. The highest BCUT2D eigenvalue weighted by atomic mass is 35.5. The molecule has 0 radical (unpaired) electrons. The van der Waals surface area contributed by atoms with Crippen molar-refractivity contribution in [1.82, 2.24) is 19.6 Å². The van der Waals surface area contributed by atoms with Crippen molar-refractivity contribution >= 4 is 17.5 Å². The van der Waals surface area contributed by atoms with Crippen LogP contribution in [0.2, 0.25) is 5.02 Å². The molecule has 0 saturated carbocycles. The first-order chi connectivity index (χ1) is 13.6. The Morgan fingerprint density at radius 2 is 1.82 bits per heavy atom. The summed E-state index contributed by atoms with van der Waals surface area (Å²) >= 11 is 6.24. The van der Waals surface area contributed by atoms with Gasteiger partial charge in [-0.2, -0.15) is 5.10 Å². The molecule has 0 aliphatic carbocycles. The van der Waals surface area contributed by atoms with Crippen LogP contribution in [0.15, 0.2) is 66.9 Å². The monoisotopic (exact) mass is 394 g/mol. The first-order valence-electron chi connectivity index (χ1n) is 9.49. The molecule has 0 N–H and O–H groups in total. The van der Waals surface area contributed by atoms with Crippen molar-refractivity contribution in [2.45, 2.75) is 19.5 Å². The van der Waals surface area contributed by atoms with Crippen molar-refractivity contribution in [2.75, 3.05) is 19.6 Å². The molecule has 4 rings (SSSR count). The number of piperazine rings is 1. The van der Waals surface area contributed by atoms with Crippen molar-refractivity contribution in [3.8, 4) is 5.69 Å². The zero-order valence-corrected chi connectivity index (χ0v) is 16.6. The summed E-state index contributed by atoms with van der Waals surface area (Å²) in [5.74, 6) is -0.0299. The van der Waals surface area contributed by atoms with Gasteiger partial charge in [0.05, 0.1) is 10.7 Å². The summed E-state index contributed by atoms with van der Waals surface area (Å²) in [5, 5.41) is 5.07. The molecule has 1 atom stereocenters. The SMILES string of the molecule is CC1CN(Cc2ccccc2)CCN1C(=O)c1ccn(-c2ccccc2Cl)n1. The highest BCUT2D eigenvalue weighted by Gasteiger charge is 2.29. The number of rotatable bonds is 4. The van der Waals surface area contributed by atoms with E-state index in [4.69, 9.17) is 11.6 Å². The van der Waals surface area contributed by atoms with Crippen LogP contribution in [0.3, 0.4) is 0 Å². The van der Waals surface area contributed by atoms with E-state index in [0.29, 0.717) is 17.3 Å². The second-order valence-electron chi connectivity index (χ2n) is 7.17. The van der Waals surface area contributed by atoms with Gasteiger partial charge in [0.15, 0.2) is 5.69 Å². The Hall–Kier alpha value is -2.63. The molecule has 6 heteroatoms. The van der Waals surface area contributed by atoms with Crippen LogP contribution in [-0.4, -0.2) is 51.2 Å². The maximum absolute atomic E-state index is 13.0. The van der Waals surface area contributed by atoms with E-state index >= 15 is 0 Å². The van der Waals surface area contributed by atoms with Gasteiger partial charge in [0.25, 0.3) is 5.91 Å². The van der Waals surface area contributed by atoms with E-state index < -0.39 is 0 Å². The lowest BCUT2D eigenvalue weighted by Crippen LogP contribution is -2.53. The van der Waals surface area contributed by atoms with Crippen LogP contribution in [0.4, 0.5) is 0 Å². The van der Waals surface area contributed by atoms with E-state index in [2.05, 4.69) is 41.2 Å². The minimum Gasteiger partial charge on any atom is -0.332 e. The lowest BCUT2D eigenvalue weighted by molar-refractivity contribution is 0.0469. The number of carbonyl (C=O) groups excluding carboxylic acids is 1. The fourth-order valence-electron chi connectivity index (χ4n) is 3.68. The summed E-state index contributed by atoms with van der Waals surface area (Å²) in [5.41, 5.74) is 2.51. The Kier molecular flexibility index (Phi) is 5.46. The minimum atomic E-state index is -0.0299. The molecule has 1 aliphatic rings. The molecule has 1 fully saturated rings. The third-order valence-electron chi connectivity index (χ3n) is 5.13. The van der Waals surface area contributed by atoms with Gasteiger partial charge in [-0.05, 0) is 30.7 Å². The average molecular weight is 395 g/mol. The van der Waals surface area contributed by atoms with Crippen LogP contribution in [0.25, 0.3) is 5.69 Å². The number of para-hydroxylation sites is 1. The van der Waals surface area contributed by atoms with Crippen molar-refractivity contribution < 1.29 is 4.79 Å². The molecule has 1 unspecified atom stereocenters. The summed E-state index contributed by atoms with van der Waals surface area (Å²) in [6, 6.07) is 19.8. The maximum atomic E-state index is 13.0. The van der Waals surface area contributed by atoms with Crippen molar-refractivity contribution in [3.63, 3.8) is 0 Å². The molecule has 5 nitrogen and oxygen atoms in total. The molecule has 2 heterocycles. The summed E-state index contributed by atoms with van der Waals surface area (Å²) in [6.07, 6.45) is 1.78. The highest BCUT2D eigenvalue weighted by molar-refractivity contribution is 6.32. The topological polar surface area (TPSA) is 41.4 Å². The van der Waals surface area contributed by atoms with E-state index in [1.54, 1.807) is 16.9 Å². The number of hydrogen-bond acceptors (Lipinski definition) is 3. The maximum Gasteiger partial charge on any atom is 0.274 e. The van der Waals surface area contributed by atoms with Gasteiger partial charge < -0.3 is 4.90 Å².